The van der Waals surface area contributed by atoms with Gasteiger partial charge in [-0.1, -0.05) is 12.1 Å². The first-order chi connectivity index (χ1) is 15.6. The van der Waals surface area contributed by atoms with Crippen LogP contribution in [0.3, 0.4) is 0 Å². The quantitative estimate of drug-likeness (QED) is 0.332. The fraction of sp³-hybridized carbons (Fsp3) is 0.458. The molecule has 0 radical (unpaired) electrons. The molecule has 1 aliphatic heterocycles. The maximum absolute atomic E-state index is 14.0. The van der Waals surface area contributed by atoms with Crippen molar-refractivity contribution in [2.24, 2.45) is 4.99 Å². The normalized spacial score (nSPS) is 13.3. The van der Waals surface area contributed by atoms with Crippen LogP contribution in [-0.2, 0) is 29.0 Å². The minimum atomic E-state index is -0.284. The molecule has 0 bridgehead atoms. The summed E-state index contributed by atoms with van der Waals surface area (Å²) in [4.78, 5) is 4.70. The van der Waals surface area contributed by atoms with Crippen molar-refractivity contribution in [3.8, 4) is 11.5 Å². The van der Waals surface area contributed by atoms with Gasteiger partial charge in [0.05, 0.1) is 19.8 Å². The van der Waals surface area contributed by atoms with Crippen LogP contribution in [0.2, 0.25) is 0 Å². The number of nitrogens with zero attached hydrogens (tertiary/aromatic N) is 1. The highest BCUT2D eigenvalue weighted by Gasteiger charge is 2.16. The van der Waals surface area contributed by atoms with Crippen molar-refractivity contribution in [3.63, 3.8) is 0 Å². The van der Waals surface area contributed by atoms with E-state index in [1.165, 1.54) is 12.1 Å². The SMILES string of the molecule is CCNC(=NCc1ccc(C)cc1OCCOC)NCCc1cc(F)cc2c1OCOC2. The largest absolute Gasteiger partial charge is 0.491 e. The first kappa shape index (κ1) is 23.8. The minimum absolute atomic E-state index is 0.189. The Morgan fingerprint density at radius 1 is 1.16 bits per heavy atom. The molecular weight excluding hydrogens is 413 g/mol. The van der Waals surface area contributed by atoms with E-state index >= 15 is 0 Å². The van der Waals surface area contributed by atoms with E-state index in [1.807, 2.05) is 32.0 Å². The lowest BCUT2D eigenvalue weighted by molar-refractivity contribution is -0.0172. The highest BCUT2D eigenvalue weighted by molar-refractivity contribution is 5.79. The molecular formula is C24H32FN3O4. The topological polar surface area (TPSA) is 73.3 Å². The number of benzene rings is 2. The van der Waals surface area contributed by atoms with Crippen molar-refractivity contribution in [2.75, 3.05) is 40.2 Å². The fourth-order valence-electron chi connectivity index (χ4n) is 3.43. The number of aryl methyl sites for hydroxylation is 1. The van der Waals surface area contributed by atoms with E-state index in [1.54, 1.807) is 7.11 Å². The monoisotopic (exact) mass is 445 g/mol. The van der Waals surface area contributed by atoms with Crippen molar-refractivity contribution < 1.29 is 23.3 Å². The molecule has 0 spiro atoms. The number of hydrogen-bond donors (Lipinski definition) is 2. The maximum Gasteiger partial charge on any atom is 0.191 e. The van der Waals surface area contributed by atoms with Crippen LogP contribution in [0.25, 0.3) is 0 Å². The van der Waals surface area contributed by atoms with E-state index in [2.05, 4.69) is 10.6 Å². The van der Waals surface area contributed by atoms with E-state index in [0.29, 0.717) is 45.3 Å². The van der Waals surface area contributed by atoms with Gasteiger partial charge in [-0.15, -0.1) is 0 Å². The van der Waals surface area contributed by atoms with Crippen molar-refractivity contribution in [3.05, 3.63) is 58.4 Å². The van der Waals surface area contributed by atoms with Crippen LogP contribution in [0.1, 0.15) is 29.2 Å². The molecule has 0 atom stereocenters. The van der Waals surface area contributed by atoms with Gasteiger partial charge in [-0.25, -0.2) is 9.38 Å². The number of hydrogen-bond acceptors (Lipinski definition) is 5. The summed E-state index contributed by atoms with van der Waals surface area (Å²) in [5, 5.41) is 6.57. The molecule has 2 aromatic rings. The average molecular weight is 446 g/mol. The molecule has 0 amide bonds. The summed E-state index contributed by atoms with van der Waals surface area (Å²) in [5.74, 6) is 1.94. The molecule has 2 aromatic carbocycles. The van der Waals surface area contributed by atoms with Gasteiger partial charge < -0.3 is 29.6 Å². The summed E-state index contributed by atoms with van der Waals surface area (Å²) < 4.78 is 35.7. The first-order valence-corrected chi connectivity index (χ1v) is 10.9. The van der Waals surface area contributed by atoms with Gasteiger partial charge in [0, 0.05) is 31.3 Å². The maximum atomic E-state index is 14.0. The summed E-state index contributed by atoms with van der Waals surface area (Å²) in [7, 11) is 1.65. The van der Waals surface area contributed by atoms with Gasteiger partial charge in [0.25, 0.3) is 0 Å². The van der Waals surface area contributed by atoms with Gasteiger partial charge in [0.2, 0.25) is 0 Å². The number of nitrogens with one attached hydrogen (secondary N) is 2. The number of methoxy groups -OCH3 is 1. The third-order valence-electron chi connectivity index (χ3n) is 4.96. The zero-order chi connectivity index (χ0) is 22.8. The second-order valence-electron chi connectivity index (χ2n) is 7.49. The van der Waals surface area contributed by atoms with Gasteiger partial charge in [0.1, 0.15) is 23.9 Å². The van der Waals surface area contributed by atoms with Gasteiger partial charge in [0.15, 0.2) is 12.8 Å². The molecule has 0 unspecified atom stereocenters. The molecule has 0 fully saturated rings. The summed E-state index contributed by atoms with van der Waals surface area (Å²) in [6.07, 6.45) is 0.598. The van der Waals surface area contributed by atoms with Crippen LogP contribution in [0.4, 0.5) is 4.39 Å². The van der Waals surface area contributed by atoms with E-state index in [0.717, 1.165) is 40.3 Å². The van der Waals surface area contributed by atoms with Crippen molar-refractivity contribution in [1.29, 1.82) is 0 Å². The Morgan fingerprint density at radius 3 is 2.84 bits per heavy atom. The van der Waals surface area contributed by atoms with Crippen LogP contribution < -0.4 is 20.1 Å². The first-order valence-electron chi connectivity index (χ1n) is 10.9. The molecule has 1 aliphatic rings. The third-order valence-corrected chi connectivity index (χ3v) is 4.96. The van der Waals surface area contributed by atoms with Crippen molar-refractivity contribution in [1.82, 2.24) is 10.6 Å². The lowest BCUT2D eigenvalue weighted by atomic mass is 10.1. The molecule has 0 saturated heterocycles. The number of ether oxygens (including phenoxy) is 4. The molecule has 8 heteroatoms. The Balaban J connectivity index is 1.63. The van der Waals surface area contributed by atoms with Gasteiger partial charge in [-0.3, -0.25) is 0 Å². The molecule has 174 valence electrons. The predicted molar refractivity (Wildman–Crippen MR) is 122 cm³/mol. The molecule has 2 N–H and O–H groups in total. The number of fused-ring (bicyclic) bond motifs is 1. The average Bonchev–Trinajstić information content (AvgIpc) is 2.78. The van der Waals surface area contributed by atoms with E-state index in [-0.39, 0.29) is 12.6 Å². The highest BCUT2D eigenvalue weighted by atomic mass is 19.1. The molecule has 1 heterocycles. The Labute approximate surface area is 188 Å². The Morgan fingerprint density at radius 2 is 2.03 bits per heavy atom. The Hall–Kier alpha value is -2.84. The van der Waals surface area contributed by atoms with E-state index in [4.69, 9.17) is 23.9 Å². The third kappa shape index (κ3) is 6.83. The number of halogens is 1. The van der Waals surface area contributed by atoms with Crippen LogP contribution in [0, 0.1) is 12.7 Å². The van der Waals surface area contributed by atoms with E-state index < -0.39 is 0 Å². The fourth-order valence-corrected chi connectivity index (χ4v) is 3.43. The Bertz CT molecular complexity index is 920. The van der Waals surface area contributed by atoms with Crippen LogP contribution >= 0.6 is 0 Å². The van der Waals surface area contributed by atoms with Crippen LogP contribution in [0.15, 0.2) is 35.3 Å². The number of rotatable bonds is 10. The molecule has 7 nitrogen and oxygen atoms in total. The van der Waals surface area contributed by atoms with Gasteiger partial charge in [-0.05, 0) is 49.6 Å². The lowest BCUT2D eigenvalue weighted by Gasteiger charge is -2.21. The summed E-state index contributed by atoms with van der Waals surface area (Å²) in [6, 6.07) is 9.07. The Kier molecular flexibility index (Phi) is 9.13. The second-order valence-corrected chi connectivity index (χ2v) is 7.49. The molecule has 0 saturated carbocycles. The molecule has 0 aliphatic carbocycles. The summed E-state index contributed by atoms with van der Waals surface area (Å²) in [6.45, 7) is 7.39. The molecule has 0 aromatic heterocycles. The predicted octanol–water partition coefficient (Wildman–Crippen LogP) is 3.32. The van der Waals surface area contributed by atoms with Gasteiger partial charge in [-0.2, -0.15) is 0 Å². The van der Waals surface area contributed by atoms with Crippen LogP contribution in [-0.4, -0.2) is 46.2 Å². The standard InChI is InChI=1S/C24H32FN3O4/c1-4-26-24(28-14-19-6-5-17(2)11-22(19)31-10-9-29-3)27-8-7-18-12-21(25)13-20-15-30-16-32-23(18)20/h5-6,11-13H,4,7-10,14-16H2,1-3H3,(H2,26,27,28). The molecule has 32 heavy (non-hydrogen) atoms. The van der Waals surface area contributed by atoms with E-state index in [9.17, 15) is 4.39 Å². The summed E-state index contributed by atoms with van der Waals surface area (Å²) >= 11 is 0. The minimum Gasteiger partial charge on any atom is -0.491 e. The second kappa shape index (κ2) is 12.3. The smallest absolute Gasteiger partial charge is 0.191 e. The molecule has 3 rings (SSSR count). The van der Waals surface area contributed by atoms with Crippen molar-refractivity contribution in [2.45, 2.75) is 33.4 Å². The summed E-state index contributed by atoms with van der Waals surface area (Å²) in [5.41, 5.74) is 3.68. The lowest BCUT2D eigenvalue weighted by Crippen LogP contribution is -2.38. The number of guanidine groups is 1. The number of aliphatic imine (C=N–C) groups is 1. The zero-order valence-electron chi connectivity index (χ0n) is 19.0. The van der Waals surface area contributed by atoms with Crippen LogP contribution in [0.5, 0.6) is 11.5 Å². The highest BCUT2D eigenvalue weighted by Crippen LogP contribution is 2.29. The zero-order valence-corrected chi connectivity index (χ0v) is 19.0. The van der Waals surface area contributed by atoms with Gasteiger partial charge >= 0.3 is 0 Å². The van der Waals surface area contributed by atoms with Crippen molar-refractivity contribution >= 4 is 5.96 Å².